The Labute approximate surface area is 154 Å². The number of para-hydroxylation sites is 1. The lowest BCUT2D eigenvalue weighted by Crippen LogP contribution is -2.17. The van der Waals surface area contributed by atoms with Crippen LogP contribution in [0.25, 0.3) is 16.8 Å². The lowest BCUT2D eigenvalue weighted by atomic mass is 10.1. The SMILES string of the molecule is O=C1NC(=O)/C(=C/c2ccccc2OCc2ccc3ccccc3c2)S1. The molecule has 26 heavy (non-hydrogen) atoms. The fraction of sp³-hybridized carbons (Fsp3) is 0.0476. The molecule has 4 nitrogen and oxygen atoms in total. The molecular weight excluding hydrogens is 346 g/mol. The van der Waals surface area contributed by atoms with Crippen LogP contribution in [0.15, 0.2) is 71.6 Å². The molecule has 0 aromatic heterocycles. The first-order valence-corrected chi connectivity index (χ1v) is 8.95. The van der Waals surface area contributed by atoms with Crippen LogP contribution in [0.4, 0.5) is 4.79 Å². The molecule has 1 heterocycles. The zero-order chi connectivity index (χ0) is 17.9. The predicted molar refractivity (Wildman–Crippen MR) is 104 cm³/mol. The number of benzene rings is 3. The van der Waals surface area contributed by atoms with Crippen LogP contribution in [0.2, 0.25) is 0 Å². The Kier molecular flexibility index (Phi) is 4.46. The molecule has 0 atom stereocenters. The summed E-state index contributed by atoms with van der Waals surface area (Å²) >= 11 is 0.899. The van der Waals surface area contributed by atoms with Crippen LogP contribution >= 0.6 is 11.8 Å². The van der Waals surface area contributed by atoms with E-state index in [0.717, 1.165) is 22.9 Å². The molecule has 2 amide bonds. The van der Waals surface area contributed by atoms with Crippen LogP contribution in [-0.4, -0.2) is 11.1 Å². The smallest absolute Gasteiger partial charge is 0.290 e. The van der Waals surface area contributed by atoms with Crippen LogP contribution < -0.4 is 10.1 Å². The van der Waals surface area contributed by atoms with E-state index < -0.39 is 0 Å². The average molecular weight is 361 g/mol. The van der Waals surface area contributed by atoms with E-state index in [2.05, 4.69) is 29.6 Å². The Bertz CT molecular complexity index is 1040. The minimum atomic E-state index is -0.371. The highest BCUT2D eigenvalue weighted by molar-refractivity contribution is 8.18. The van der Waals surface area contributed by atoms with E-state index in [0.29, 0.717) is 17.3 Å². The summed E-state index contributed by atoms with van der Waals surface area (Å²) in [5, 5.41) is 4.26. The van der Waals surface area contributed by atoms with E-state index in [1.165, 1.54) is 10.8 Å². The number of carbonyl (C=O) groups excluding carboxylic acids is 2. The molecule has 3 aromatic carbocycles. The summed E-state index contributed by atoms with van der Waals surface area (Å²) in [6.45, 7) is 0.420. The minimum absolute atomic E-state index is 0.351. The van der Waals surface area contributed by atoms with Crippen LogP contribution in [0.3, 0.4) is 0 Å². The molecule has 1 aliphatic heterocycles. The fourth-order valence-corrected chi connectivity index (χ4v) is 3.46. The Morgan fingerprint density at radius 1 is 0.923 bits per heavy atom. The third-order valence-corrected chi connectivity index (χ3v) is 4.87. The highest BCUT2D eigenvalue weighted by Crippen LogP contribution is 2.29. The van der Waals surface area contributed by atoms with E-state index in [4.69, 9.17) is 4.74 Å². The number of thioether (sulfide) groups is 1. The summed E-state index contributed by atoms with van der Waals surface area (Å²) < 4.78 is 5.97. The standard InChI is InChI=1S/C21H15NO3S/c23-20-19(26-21(24)22-20)12-17-7-3-4-8-18(17)25-13-14-9-10-15-5-1-2-6-16(15)11-14/h1-12H,13H2,(H,22,23,24)/b19-12-. The lowest BCUT2D eigenvalue weighted by Gasteiger charge is -2.10. The third kappa shape index (κ3) is 3.48. The molecule has 0 radical (unpaired) electrons. The van der Waals surface area contributed by atoms with Gasteiger partial charge < -0.3 is 4.74 Å². The molecular formula is C21H15NO3S. The predicted octanol–water partition coefficient (Wildman–Crippen LogP) is 4.74. The van der Waals surface area contributed by atoms with Crippen molar-refractivity contribution >= 4 is 39.8 Å². The van der Waals surface area contributed by atoms with Crippen molar-refractivity contribution in [3.63, 3.8) is 0 Å². The van der Waals surface area contributed by atoms with Crippen LogP contribution in [0.1, 0.15) is 11.1 Å². The van der Waals surface area contributed by atoms with Crippen molar-refractivity contribution in [3.8, 4) is 5.75 Å². The van der Waals surface area contributed by atoms with Crippen LogP contribution in [-0.2, 0) is 11.4 Å². The summed E-state index contributed by atoms with van der Waals surface area (Å²) in [6, 6.07) is 21.9. The maximum Gasteiger partial charge on any atom is 0.290 e. The topological polar surface area (TPSA) is 55.4 Å². The molecule has 1 fully saturated rings. The van der Waals surface area contributed by atoms with Gasteiger partial charge in [0.2, 0.25) is 0 Å². The van der Waals surface area contributed by atoms with Crippen molar-refractivity contribution in [2.24, 2.45) is 0 Å². The van der Waals surface area contributed by atoms with E-state index in [1.54, 1.807) is 6.08 Å². The van der Waals surface area contributed by atoms with Crippen molar-refractivity contribution in [1.82, 2.24) is 5.32 Å². The summed E-state index contributed by atoms with van der Waals surface area (Å²) in [7, 11) is 0. The van der Waals surface area contributed by atoms with Crippen LogP contribution in [0.5, 0.6) is 5.75 Å². The van der Waals surface area contributed by atoms with Gasteiger partial charge in [-0.25, -0.2) is 0 Å². The molecule has 0 unspecified atom stereocenters. The normalized spacial score (nSPS) is 15.5. The summed E-state index contributed by atoms with van der Waals surface area (Å²) in [6.07, 6.45) is 1.68. The van der Waals surface area contributed by atoms with Gasteiger partial charge in [0.05, 0.1) is 4.91 Å². The maximum atomic E-state index is 11.7. The number of amides is 2. The van der Waals surface area contributed by atoms with Gasteiger partial charge in [-0.15, -0.1) is 0 Å². The van der Waals surface area contributed by atoms with Gasteiger partial charge in [-0.3, -0.25) is 14.9 Å². The summed E-state index contributed by atoms with van der Waals surface area (Å²) in [5.41, 5.74) is 1.83. The van der Waals surface area contributed by atoms with Gasteiger partial charge in [-0.05, 0) is 46.3 Å². The first kappa shape index (κ1) is 16.4. The van der Waals surface area contributed by atoms with Gasteiger partial charge in [0.25, 0.3) is 11.1 Å². The van der Waals surface area contributed by atoms with Crippen LogP contribution in [0, 0.1) is 0 Å². The summed E-state index contributed by atoms with van der Waals surface area (Å²) in [4.78, 5) is 23.4. The number of hydrogen-bond acceptors (Lipinski definition) is 4. The number of fused-ring (bicyclic) bond motifs is 1. The molecule has 0 spiro atoms. The molecule has 4 rings (SSSR count). The first-order valence-electron chi connectivity index (χ1n) is 8.13. The molecule has 128 valence electrons. The Morgan fingerprint density at radius 2 is 1.69 bits per heavy atom. The van der Waals surface area contributed by atoms with Gasteiger partial charge in [0.1, 0.15) is 12.4 Å². The van der Waals surface area contributed by atoms with Gasteiger partial charge in [0, 0.05) is 5.56 Å². The third-order valence-electron chi connectivity index (χ3n) is 4.06. The number of imide groups is 1. The van der Waals surface area contributed by atoms with E-state index in [1.807, 2.05) is 42.5 Å². The highest BCUT2D eigenvalue weighted by atomic mass is 32.2. The molecule has 3 aromatic rings. The van der Waals surface area contributed by atoms with Crippen molar-refractivity contribution in [2.75, 3.05) is 0 Å². The largest absolute Gasteiger partial charge is 0.488 e. The van der Waals surface area contributed by atoms with Gasteiger partial charge in [-0.2, -0.15) is 0 Å². The molecule has 1 N–H and O–H groups in total. The first-order chi connectivity index (χ1) is 12.7. The van der Waals surface area contributed by atoms with E-state index in [-0.39, 0.29) is 11.1 Å². The zero-order valence-electron chi connectivity index (χ0n) is 13.8. The monoisotopic (exact) mass is 361 g/mol. The van der Waals surface area contributed by atoms with Crippen molar-refractivity contribution < 1.29 is 14.3 Å². The Morgan fingerprint density at radius 3 is 2.50 bits per heavy atom. The number of nitrogens with one attached hydrogen (secondary N) is 1. The highest BCUT2D eigenvalue weighted by Gasteiger charge is 2.25. The van der Waals surface area contributed by atoms with Crippen molar-refractivity contribution in [2.45, 2.75) is 6.61 Å². The van der Waals surface area contributed by atoms with Crippen molar-refractivity contribution in [3.05, 3.63) is 82.8 Å². The minimum Gasteiger partial charge on any atom is -0.488 e. The zero-order valence-corrected chi connectivity index (χ0v) is 14.6. The molecule has 0 aliphatic carbocycles. The second-order valence-electron chi connectivity index (χ2n) is 5.86. The molecule has 0 bridgehead atoms. The summed E-state index contributed by atoms with van der Waals surface area (Å²) in [5.74, 6) is 0.297. The Balaban J connectivity index is 1.56. The van der Waals surface area contributed by atoms with Gasteiger partial charge in [-0.1, -0.05) is 54.6 Å². The maximum absolute atomic E-state index is 11.7. The molecule has 0 saturated carbocycles. The van der Waals surface area contributed by atoms with Gasteiger partial charge in [0.15, 0.2) is 0 Å². The number of rotatable bonds is 4. The molecule has 5 heteroatoms. The number of ether oxygens (including phenoxy) is 1. The Hall–Kier alpha value is -3.05. The fourth-order valence-electron chi connectivity index (χ4n) is 2.78. The number of hydrogen-bond donors (Lipinski definition) is 1. The molecule has 1 aliphatic rings. The number of carbonyl (C=O) groups is 2. The van der Waals surface area contributed by atoms with Crippen molar-refractivity contribution in [1.29, 1.82) is 0 Å². The van der Waals surface area contributed by atoms with Gasteiger partial charge >= 0.3 is 0 Å². The van der Waals surface area contributed by atoms with E-state index in [9.17, 15) is 9.59 Å². The quantitative estimate of drug-likeness (QED) is 0.682. The second kappa shape index (κ2) is 7.06. The lowest BCUT2D eigenvalue weighted by molar-refractivity contribution is -0.115. The second-order valence-corrected chi connectivity index (χ2v) is 6.87. The van der Waals surface area contributed by atoms with E-state index >= 15 is 0 Å². The average Bonchev–Trinajstić information content (AvgIpc) is 2.98. The molecule has 1 saturated heterocycles.